The number of unbranched alkanes of at least 4 members (excludes halogenated alkanes) is 38. The fraction of sp³-hybridized carbons (Fsp3) is 0.980. The lowest BCUT2D eigenvalue weighted by atomic mass is 9.99. The molecule has 6 nitrogen and oxygen atoms in total. The van der Waals surface area contributed by atoms with Gasteiger partial charge in [-0.25, -0.2) is 0 Å². The number of hydrogen-bond donors (Lipinski definition) is 5. The second kappa shape index (κ2) is 45.4. The molecule has 4 atom stereocenters. The minimum atomic E-state index is -1.25. The SMILES string of the molecule is CCCCCCCCCCCCCCCCCCCCCCCCCCCCCCC(O)C(=O)N[C@@H](CO)[C@H](O)[C@H](O)CCCCCCCCCCCCCC. The summed E-state index contributed by atoms with van der Waals surface area (Å²) in [6.07, 6.45) is 50.2. The summed E-state index contributed by atoms with van der Waals surface area (Å²) in [5, 5.41) is 43.7. The van der Waals surface area contributed by atoms with Crippen LogP contribution in [0, 0.1) is 0 Å². The van der Waals surface area contributed by atoms with E-state index in [0.29, 0.717) is 12.8 Å². The molecule has 0 aliphatic carbocycles. The lowest BCUT2D eigenvalue weighted by Gasteiger charge is -2.27. The second-order valence-corrected chi connectivity index (χ2v) is 17.9. The largest absolute Gasteiger partial charge is 0.394 e. The molecule has 1 amide bonds. The van der Waals surface area contributed by atoms with Gasteiger partial charge in [-0.15, -0.1) is 0 Å². The first kappa shape index (κ1) is 55.3. The van der Waals surface area contributed by atoms with Crippen molar-refractivity contribution in [2.24, 2.45) is 0 Å². The highest BCUT2D eigenvalue weighted by molar-refractivity contribution is 5.80. The number of rotatable bonds is 47. The van der Waals surface area contributed by atoms with Gasteiger partial charge in [-0.05, 0) is 12.8 Å². The first-order valence-corrected chi connectivity index (χ1v) is 25.4. The average Bonchev–Trinajstić information content (AvgIpc) is 3.20. The van der Waals surface area contributed by atoms with Gasteiger partial charge in [0, 0.05) is 0 Å². The maximum atomic E-state index is 12.5. The van der Waals surface area contributed by atoms with Crippen LogP contribution in [0.25, 0.3) is 0 Å². The van der Waals surface area contributed by atoms with Gasteiger partial charge in [0.15, 0.2) is 0 Å². The molecule has 0 aliphatic rings. The van der Waals surface area contributed by atoms with Crippen LogP contribution >= 0.6 is 0 Å². The van der Waals surface area contributed by atoms with Crippen molar-refractivity contribution < 1.29 is 25.2 Å². The van der Waals surface area contributed by atoms with Crippen LogP contribution in [0.3, 0.4) is 0 Å². The van der Waals surface area contributed by atoms with E-state index in [0.717, 1.165) is 38.5 Å². The molecular formula is C50H101NO5. The van der Waals surface area contributed by atoms with Gasteiger partial charge >= 0.3 is 0 Å². The zero-order valence-electron chi connectivity index (χ0n) is 37.9. The summed E-state index contributed by atoms with van der Waals surface area (Å²) in [5.74, 6) is -0.578. The van der Waals surface area contributed by atoms with Gasteiger partial charge in [-0.3, -0.25) is 4.79 Å². The van der Waals surface area contributed by atoms with Crippen molar-refractivity contribution in [1.29, 1.82) is 0 Å². The summed E-state index contributed by atoms with van der Waals surface area (Å²) in [5.41, 5.74) is 0. The van der Waals surface area contributed by atoms with Gasteiger partial charge in [-0.1, -0.05) is 271 Å². The predicted molar refractivity (Wildman–Crippen MR) is 242 cm³/mol. The van der Waals surface area contributed by atoms with E-state index in [4.69, 9.17) is 0 Å². The standard InChI is InChI=1S/C50H101NO5/c1-3-5-7-9-11-13-15-17-18-19-20-21-22-23-24-25-26-27-28-29-30-31-32-34-36-38-40-42-44-48(54)50(56)51-46(45-52)49(55)47(53)43-41-39-37-35-33-16-14-12-10-8-6-4-2/h46-49,52-55H,3-45H2,1-2H3,(H,51,56)/t46-,47+,48?,49-/m0/s1. The number of nitrogens with one attached hydrogen (secondary N) is 1. The Balaban J connectivity index is 3.55. The highest BCUT2D eigenvalue weighted by Gasteiger charge is 2.28. The fourth-order valence-corrected chi connectivity index (χ4v) is 8.29. The lowest BCUT2D eigenvalue weighted by molar-refractivity contribution is -0.132. The molecule has 0 fully saturated rings. The normalized spacial score (nSPS) is 13.9. The maximum absolute atomic E-state index is 12.5. The highest BCUT2D eigenvalue weighted by Crippen LogP contribution is 2.18. The first-order valence-electron chi connectivity index (χ1n) is 25.4. The van der Waals surface area contributed by atoms with Crippen LogP contribution < -0.4 is 5.32 Å². The van der Waals surface area contributed by atoms with Crippen molar-refractivity contribution in [3.05, 3.63) is 0 Å². The minimum absolute atomic E-state index is 0.376. The number of amides is 1. The highest BCUT2D eigenvalue weighted by atomic mass is 16.3. The Morgan fingerprint density at radius 3 is 0.857 bits per heavy atom. The predicted octanol–water partition coefficient (Wildman–Crippen LogP) is 14.0. The van der Waals surface area contributed by atoms with E-state index < -0.39 is 36.9 Å². The summed E-state index contributed by atoms with van der Waals surface area (Å²) in [6, 6.07) is -0.979. The van der Waals surface area contributed by atoms with Gasteiger partial charge in [-0.2, -0.15) is 0 Å². The second-order valence-electron chi connectivity index (χ2n) is 17.9. The topological polar surface area (TPSA) is 110 Å². The monoisotopic (exact) mass is 796 g/mol. The van der Waals surface area contributed by atoms with E-state index in [1.807, 2.05) is 0 Å². The van der Waals surface area contributed by atoms with Crippen molar-refractivity contribution in [3.8, 4) is 0 Å². The molecule has 0 rings (SSSR count). The van der Waals surface area contributed by atoms with Crippen molar-refractivity contribution in [2.45, 2.75) is 308 Å². The Labute approximate surface area is 350 Å². The lowest BCUT2D eigenvalue weighted by Crippen LogP contribution is -2.53. The Morgan fingerprint density at radius 2 is 0.607 bits per heavy atom. The third-order valence-electron chi connectivity index (χ3n) is 12.3. The summed E-state index contributed by atoms with van der Waals surface area (Å²) in [6.45, 7) is 4.07. The molecule has 0 spiro atoms. The number of aliphatic hydroxyl groups excluding tert-OH is 4. The van der Waals surface area contributed by atoms with E-state index >= 15 is 0 Å². The summed E-state index contributed by atoms with van der Waals surface area (Å²) in [7, 11) is 0. The third kappa shape index (κ3) is 38.8. The molecule has 0 bridgehead atoms. The number of aliphatic hydroxyl groups is 4. The Bertz CT molecular complexity index is 766. The van der Waals surface area contributed by atoms with Gasteiger partial charge in [0.25, 0.3) is 0 Å². The fourth-order valence-electron chi connectivity index (χ4n) is 8.29. The summed E-state index contributed by atoms with van der Waals surface area (Å²) in [4.78, 5) is 12.5. The summed E-state index contributed by atoms with van der Waals surface area (Å²) >= 11 is 0. The molecule has 0 saturated carbocycles. The van der Waals surface area contributed by atoms with Crippen molar-refractivity contribution in [3.63, 3.8) is 0 Å². The molecule has 336 valence electrons. The number of carbonyl (C=O) groups excluding carboxylic acids is 1. The van der Waals surface area contributed by atoms with Crippen LogP contribution in [-0.4, -0.2) is 57.3 Å². The van der Waals surface area contributed by atoms with E-state index in [1.165, 1.54) is 218 Å². The Hall–Kier alpha value is -0.690. The van der Waals surface area contributed by atoms with Crippen LogP contribution in [0.15, 0.2) is 0 Å². The van der Waals surface area contributed by atoms with Crippen molar-refractivity contribution in [1.82, 2.24) is 5.32 Å². The van der Waals surface area contributed by atoms with Crippen LogP contribution in [0.5, 0.6) is 0 Å². The van der Waals surface area contributed by atoms with Crippen LogP contribution in [-0.2, 0) is 4.79 Å². The van der Waals surface area contributed by atoms with E-state index in [1.54, 1.807) is 0 Å². The van der Waals surface area contributed by atoms with E-state index in [9.17, 15) is 25.2 Å². The molecule has 0 heterocycles. The quantitative estimate of drug-likeness (QED) is 0.0394. The Morgan fingerprint density at radius 1 is 0.375 bits per heavy atom. The minimum Gasteiger partial charge on any atom is -0.394 e. The van der Waals surface area contributed by atoms with Crippen molar-refractivity contribution in [2.75, 3.05) is 6.61 Å². The molecule has 0 radical (unpaired) electrons. The third-order valence-corrected chi connectivity index (χ3v) is 12.3. The van der Waals surface area contributed by atoms with E-state index in [2.05, 4.69) is 19.2 Å². The van der Waals surface area contributed by atoms with Gasteiger partial charge in [0.2, 0.25) is 5.91 Å². The Kier molecular flexibility index (Phi) is 44.8. The number of carbonyl (C=O) groups is 1. The first-order chi connectivity index (χ1) is 27.5. The van der Waals surface area contributed by atoms with Gasteiger partial charge in [0.05, 0.1) is 18.8 Å². The van der Waals surface area contributed by atoms with E-state index in [-0.39, 0.29) is 0 Å². The zero-order chi connectivity index (χ0) is 41.0. The van der Waals surface area contributed by atoms with Crippen LogP contribution in [0.1, 0.15) is 284 Å². The molecule has 6 heteroatoms. The summed E-state index contributed by atoms with van der Waals surface area (Å²) < 4.78 is 0. The van der Waals surface area contributed by atoms with Gasteiger partial charge < -0.3 is 25.7 Å². The zero-order valence-corrected chi connectivity index (χ0v) is 37.9. The molecule has 5 N–H and O–H groups in total. The number of hydrogen-bond acceptors (Lipinski definition) is 5. The molecule has 0 aromatic rings. The van der Waals surface area contributed by atoms with Crippen LogP contribution in [0.4, 0.5) is 0 Å². The smallest absolute Gasteiger partial charge is 0.249 e. The average molecular weight is 796 g/mol. The molecule has 0 aliphatic heterocycles. The molecular weight excluding hydrogens is 695 g/mol. The molecule has 0 saturated heterocycles. The maximum Gasteiger partial charge on any atom is 0.249 e. The molecule has 1 unspecified atom stereocenters. The molecule has 56 heavy (non-hydrogen) atoms. The molecule has 0 aromatic carbocycles. The molecule has 0 aromatic heterocycles. The van der Waals surface area contributed by atoms with Crippen molar-refractivity contribution >= 4 is 5.91 Å². The van der Waals surface area contributed by atoms with Crippen LogP contribution in [0.2, 0.25) is 0 Å². The van der Waals surface area contributed by atoms with Gasteiger partial charge in [0.1, 0.15) is 12.2 Å².